The molecule has 0 heterocycles. The zero-order chi connectivity index (χ0) is 13.8. The van der Waals surface area contributed by atoms with Crippen molar-refractivity contribution < 1.29 is 18.7 Å². The molecule has 0 radical (unpaired) electrons. The molecule has 0 bridgehead atoms. The van der Waals surface area contributed by atoms with E-state index in [1.807, 2.05) is 0 Å². The van der Waals surface area contributed by atoms with Gasteiger partial charge in [0.25, 0.3) is 0 Å². The van der Waals surface area contributed by atoms with E-state index in [-0.39, 0.29) is 0 Å². The lowest BCUT2D eigenvalue weighted by molar-refractivity contribution is 0.112. The van der Waals surface area contributed by atoms with E-state index in [1.165, 1.54) is 20.3 Å². The molecule has 0 saturated carbocycles. The van der Waals surface area contributed by atoms with Crippen LogP contribution in [0.25, 0.3) is 11.1 Å². The topological polar surface area (TPSA) is 35.5 Å². The smallest absolute Gasteiger partial charge is 0.163 e. The van der Waals surface area contributed by atoms with Crippen molar-refractivity contribution in [2.45, 2.75) is 0 Å². The van der Waals surface area contributed by atoms with E-state index in [2.05, 4.69) is 0 Å². The Labute approximate surface area is 110 Å². The fraction of sp³-hybridized carbons (Fsp3) is 0.133. The van der Waals surface area contributed by atoms with E-state index in [0.29, 0.717) is 28.2 Å². The largest absolute Gasteiger partial charge is 0.493 e. The minimum absolute atomic E-state index is 0.341. The van der Waals surface area contributed by atoms with Crippen LogP contribution >= 0.6 is 0 Å². The predicted octanol–water partition coefficient (Wildman–Crippen LogP) is 3.32. The van der Waals surface area contributed by atoms with Gasteiger partial charge in [0.1, 0.15) is 12.1 Å². The number of carbonyl (C=O) groups excluding carboxylic acids is 1. The van der Waals surface area contributed by atoms with E-state index in [9.17, 15) is 9.18 Å². The molecule has 98 valence electrons. The molecule has 2 aromatic carbocycles. The molecule has 0 fully saturated rings. The fourth-order valence-corrected chi connectivity index (χ4v) is 1.82. The van der Waals surface area contributed by atoms with Gasteiger partial charge in [-0.15, -0.1) is 0 Å². The molecule has 0 spiro atoms. The second-order valence-corrected chi connectivity index (χ2v) is 3.93. The lowest BCUT2D eigenvalue weighted by atomic mass is 10.0. The summed E-state index contributed by atoms with van der Waals surface area (Å²) in [5.74, 6) is 0.392. The van der Waals surface area contributed by atoms with Crippen LogP contribution in [-0.2, 0) is 0 Å². The minimum atomic E-state index is -0.406. The van der Waals surface area contributed by atoms with Gasteiger partial charge in [-0.2, -0.15) is 0 Å². The number of benzene rings is 2. The lowest BCUT2D eigenvalue weighted by Gasteiger charge is -2.11. The third-order valence-electron chi connectivity index (χ3n) is 2.83. The van der Waals surface area contributed by atoms with Crippen molar-refractivity contribution in [3.8, 4) is 22.6 Å². The first-order valence-electron chi connectivity index (χ1n) is 5.66. The normalized spacial score (nSPS) is 10.1. The Morgan fingerprint density at radius 3 is 2.11 bits per heavy atom. The highest BCUT2D eigenvalue weighted by molar-refractivity contribution is 5.77. The number of hydrogen-bond donors (Lipinski definition) is 0. The molecule has 3 nitrogen and oxygen atoms in total. The molecule has 2 rings (SSSR count). The van der Waals surface area contributed by atoms with E-state index in [1.54, 1.807) is 30.3 Å². The summed E-state index contributed by atoms with van der Waals surface area (Å²) in [5.41, 5.74) is 1.61. The summed E-state index contributed by atoms with van der Waals surface area (Å²) in [6, 6.07) is 9.50. The number of ether oxygens (including phenoxy) is 2. The van der Waals surface area contributed by atoms with Gasteiger partial charge in [-0.1, -0.05) is 24.3 Å². The van der Waals surface area contributed by atoms with Crippen molar-refractivity contribution in [3.05, 3.63) is 47.8 Å². The van der Waals surface area contributed by atoms with Gasteiger partial charge in [0.05, 0.1) is 14.2 Å². The Morgan fingerprint density at radius 2 is 1.58 bits per heavy atom. The number of hydrogen-bond acceptors (Lipinski definition) is 3. The highest BCUT2D eigenvalue weighted by atomic mass is 19.1. The monoisotopic (exact) mass is 260 g/mol. The van der Waals surface area contributed by atoms with E-state index in [0.717, 1.165) is 6.29 Å². The summed E-state index contributed by atoms with van der Waals surface area (Å²) in [7, 11) is 2.95. The van der Waals surface area contributed by atoms with E-state index >= 15 is 0 Å². The van der Waals surface area contributed by atoms with Crippen LogP contribution in [0.1, 0.15) is 10.4 Å². The maximum absolute atomic E-state index is 14.0. The highest BCUT2D eigenvalue weighted by Crippen LogP contribution is 2.34. The molecule has 4 heteroatoms. The fourth-order valence-electron chi connectivity index (χ4n) is 1.82. The molecule has 0 N–H and O–H groups in total. The van der Waals surface area contributed by atoms with Crippen molar-refractivity contribution in [1.29, 1.82) is 0 Å². The summed E-state index contributed by atoms with van der Waals surface area (Å²) in [6.07, 6.45) is 0.745. The molecular formula is C15H13FO3. The van der Waals surface area contributed by atoms with Gasteiger partial charge in [0, 0.05) is 17.2 Å². The number of methoxy groups -OCH3 is 2. The molecule has 0 amide bonds. The number of aldehydes is 1. The van der Waals surface area contributed by atoms with Crippen LogP contribution in [0.15, 0.2) is 36.4 Å². The lowest BCUT2D eigenvalue weighted by Crippen LogP contribution is -1.94. The van der Waals surface area contributed by atoms with Crippen LogP contribution in [0, 0.1) is 5.82 Å². The second-order valence-electron chi connectivity index (χ2n) is 3.93. The quantitative estimate of drug-likeness (QED) is 0.791. The summed E-state index contributed by atoms with van der Waals surface area (Å²) in [4.78, 5) is 10.6. The molecule has 19 heavy (non-hydrogen) atoms. The zero-order valence-corrected chi connectivity index (χ0v) is 10.6. The molecule has 0 unspecified atom stereocenters. The van der Waals surface area contributed by atoms with Crippen molar-refractivity contribution in [3.63, 3.8) is 0 Å². The highest BCUT2D eigenvalue weighted by Gasteiger charge is 2.12. The second kappa shape index (κ2) is 5.52. The Kier molecular flexibility index (Phi) is 3.80. The molecular weight excluding hydrogens is 247 g/mol. The van der Waals surface area contributed by atoms with Crippen LogP contribution in [0.2, 0.25) is 0 Å². The van der Waals surface area contributed by atoms with Crippen LogP contribution in [-0.4, -0.2) is 20.5 Å². The van der Waals surface area contributed by atoms with Crippen molar-refractivity contribution in [2.75, 3.05) is 14.2 Å². The molecule has 0 saturated heterocycles. The van der Waals surface area contributed by atoms with Gasteiger partial charge in [-0.3, -0.25) is 4.79 Å². The maximum atomic E-state index is 14.0. The van der Waals surface area contributed by atoms with E-state index < -0.39 is 5.82 Å². The van der Waals surface area contributed by atoms with Gasteiger partial charge in [-0.05, 0) is 11.6 Å². The summed E-state index contributed by atoms with van der Waals surface area (Å²) < 4.78 is 24.2. The van der Waals surface area contributed by atoms with E-state index in [4.69, 9.17) is 9.47 Å². The van der Waals surface area contributed by atoms with Gasteiger partial charge in [0.15, 0.2) is 11.5 Å². The van der Waals surface area contributed by atoms with Crippen LogP contribution in [0.3, 0.4) is 0 Å². The molecule has 0 aromatic heterocycles. The summed E-state index contributed by atoms with van der Waals surface area (Å²) in [6.45, 7) is 0. The summed E-state index contributed by atoms with van der Waals surface area (Å²) >= 11 is 0. The van der Waals surface area contributed by atoms with Gasteiger partial charge < -0.3 is 9.47 Å². The Bertz CT molecular complexity index is 591. The maximum Gasteiger partial charge on any atom is 0.163 e. The Balaban J connectivity index is 2.51. The third kappa shape index (κ3) is 2.57. The average molecular weight is 260 g/mol. The molecule has 0 aliphatic carbocycles. The number of halogens is 1. The van der Waals surface area contributed by atoms with Crippen molar-refractivity contribution >= 4 is 6.29 Å². The molecule has 2 aromatic rings. The predicted molar refractivity (Wildman–Crippen MR) is 70.3 cm³/mol. The number of carbonyl (C=O) groups is 1. The third-order valence-corrected chi connectivity index (χ3v) is 2.83. The first-order valence-corrected chi connectivity index (χ1v) is 5.66. The Morgan fingerprint density at radius 1 is 1.00 bits per heavy atom. The first kappa shape index (κ1) is 13.1. The van der Waals surface area contributed by atoms with Gasteiger partial charge in [0.2, 0.25) is 0 Å². The average Bonchev–Trinajstić information content (AvgIpc) is 2.47. The van der Waals surface area contributed by atoms with Crippen molar-refractivity contribution in [2.24, 2.45) is 0 Å². The molecule has 0 aliphatic rings. The van der Waals surface area contributed by atoms with Crippen LogP contribution < -0.4 is 9.47 Å². The Hall–Kier alpha value is -2.36. The zero-order valence-electron chi connectivity index (χ0n) is 10.6. The first-order chi connectivity index (χ1) is 9.19. The number of rotatable bonds is 4. The standard InChI is InChI=1S/C15H13FO3/c1-18-14-7-12(13(16)8-15(14)19-2)11-5-3-10(9-17)4-6-11/h3-9H,1-2H3. The van der Waals surface area contributed by atoms with Crippen LogP contribution in [0.4, 0.5) is 4.39 Å². The minimum Gasteiger partial charge on any atom is -0.493 e. The molecule has 0 aliphatic heterocycles. The van der Waals surface area contributed by atoms with Gasteiger partial charge >= 0.3 is 0 Å². The summed E-state index contributed by atoms with van der Waals surface area (Å²) in [5, 5.41) is 0. The van der Waals surface area contributed by atoms with Gasteiger partial charge in [-0.25, -0.2) is 4.39 Å². The van der Waals surface area contributed by atoms with Crippen LogP contribution in [0.5, 0.6) is 11.5 Å². The SMILES string of the molecule is COc1cc(F)c(-c2ccc(C=O)cc2)cc1OC. The van der Waals surface area contributed by atoms with Crippen molar-refractivity contribution in [1.82, 2.24) is 0 Å². The molecule has 0 atom stereocenters.